The van der Waals surface area contributed by atoms with Gasteiger partial charge in [-0.15, -0.1) is 10.2 Å². The molecule has 0 spiro atoms. The molecule has 2 unspecified atom stereocenters. The number of halogens is 4. The Bertz CT molecular complexity index is 4040. The average Bonchev–Trinajstić information content (AvgIpc) is 1.63. The minimum absolute atomic E-state index is 0.0203. The number of sulfone groups is 1. The number of aromatic nitrogens is 2. The van der Waals surface area contributed by atoms with E-state index in [1.807, 2.05) is 6.92 Å². The van der Waals surface area contributed by atoms with E-state index in [9.17, 15) is 58.4 Å². The van der Waals surface area contributed by atoms with Crippen LogP contribution in [0, 0.1) is 0 Å². The monoisotopic (exact) mass is 1340 g/mol. The molecule has 30 heteroatoms. The zero-order chi connectivity index (χ0) is 62.9. The van der Waals surface area contributed by atoms with E-state index in [-0.39, 0.29) is 75.6 Å². The van der Waals surface area contributed by atoms with Crippen LogP contribution in [0.25, 0.3) is 5.69 Å². The lowest BCUT2D eigenvalue weighted by molar-refractivity contribution is -0.123. The fourth-order valence-electron chi connectivity index (χ4n) is 8.59. The Balaban J connectivity index is 1.19. The number of phenolic OH excluding ortho intramolecular Hbond substituents is 2. The third-order valence-electron chi connectivity index (χ3n) is 13.5. The highest BCUT2D eigenvalue weighted by molar-refractivity contribution is 7.91. The van der Waals surface area contributed by atoms with Gasteiger partial charge in [-0.3, -0.25) is 28.5 Å². The lowest BCUT2D eigenvalue weighted by Crippen LogP contribution is -2.33. The minimum Gasteiger partial charge on any atom is -0.508 e. The molecule has 22 nitrogen and oxygen atoms in total. The standard InChI is InChI=1S/C56H59Cl4N7O15S4/c1-5-7-8-9-10-11-12-13-14-50(81-36-18-22-39(23-19-36)84(73,74)38-20-16-35(68)17-21-38)54(70)61-34-15-24-43(58)47(27-34)62-53-51(55(71)67(65-53)52-44(59)25-33(57)26-45(52)60)64-63-48-31-42(56(3,4)6-2)46(32-49(48)69)66-83(72)82-37-28-40(85(75,76)77)30-41(29-37)86(78,79)80/h15-32,50,62,65-66,68-69H,5-14H2,1-4H3,(H,61,70)(H,75,76,77)(H,78,79,80). The van der Waals surface area contributed by atoms with Gasteiger partial charge in [-0.1, -0.05) is 119 Å². The molecule has 0 aliphatic heterocycles. The van der Waals surface area contributed by atoms with Crippen LogP contribution in [0.2, 0.25) is 20.1 Å². The predicted octanol–water partition coefficient (Wildman–Crippen LogP) is 14.3. The third kappa shape index (κ3) is 17.1. The number of amides is 1. The molecule has 2 atom stereocenters. The maximum Gasteiger partial charge on any atom is 0.316 e. The summed E-state index contributed by atoms with van der Waals surface area (Å²) < 4.78 is 122. The van der Waals surface area contributed by atoms with Crippen molar-refractivity contribution >= 4 is 128 Å². The molecule has 8 N–H and O–H groups in total. The van der Waals surface area contributed by atoms with Crippen LogP contribution in [-0.4, -0.2) is 70.6 Å². The average molecular weight is 1340 g/mol. The molecule has 6 aromatic carbocycles. The maximum absolute atomic E-state index is 14.5. The number of carbonyl (C=O) groups is 1. The lowest BCUT2D eigenvalue weighted by Gasteiger charge is -2.27. The fourth-order valence-corrected chi connectivity index (χ4v) is 12.8. The van der Waals surface area contributed by atoms with Crippen molar-refractivity contribution in [1.29, 1.82) is 0 Å². The summed E-state index contributed by atoms with van der Waals surface area (Å²) >= 11 is 23.5. The Kier molecular flexibility index (Phi) is 22.1. The number of rotatable bonds is 28. The molecule has 0 bridgehead atoms. The number of nitrogens with one attached hydrogen (secondary N) is 4. The molecule has 0 aliphatic rings. The second-order valence-corrected chi connectivity index (χ2v) is 27.5. The van der Waals surface area contributed by atoms with Gasteiger partial charge in [-0.2, -0.15) is 21.0 Å². The third-order valence-corrected chi connectivity index (χ3v) is 18.8. The Hall–Kier alpha value is -6.72. The zero-order valence-electron chi connectivity index (χ0n) is 46.3. The number of anilines is 4. The highest BCUT2D eigenvalue weighted by Crippen LogP contribution is 2.43. The Morgan fingerprint density at radius 1 is 0.698 bits per heavy atom. The number of azo groups is 1. The van der Waals surface area contributed by atoms with Gasteiger partial charge in [0.05, 0.1) is 46.0 Å². The molecule has 7 aromatic rings. The van der Waals surface area contributed by atoms with E-state index in [4.69, 9.17) is 55.3 Å². The first-order valence-corrected chi connectivity index (χ1v) is 33.4. The molecule has 7 rings (SSSR count). The van der Waals surface area contributed by atoms with Crippen molar-refractivity contribution in [2.45, 2.75) is 123 Å². The maximum atomic E-state index is 14.5. The molecule has 1 aromatic heterocycles. The van der Waals surface area contributed by atoms with Crippen LogP contribution in [0.3, 0.4) is 0 Å². The summed E-state index contributed by atoms with van der Waals surface area (Å²) in [7, 11) is -14.1. The summed E-state index contributed by atoms with van der Waals surface area (Å²) in [5.74, 6) is -1.83. The summed E-state index contributed by atoms with van der Waals surface area (Å²) in [4.78, 5) is 26.7. The van der Waals surface area contributed by atoms with Gasteiger partial charge in [0.25, 0.3) is 26.1 Å². The molecule has 0 saturated carbocycles. The topological polar surface area (TPSA) is 335 Å². The molecule has 0 fully saturated rings. The highest BCUT2D eigenvalue weighted by Gasteiger charge is 2.28. The van der Waals surface area contributed by atoms with Gasteiger partial charge in [0, 0.05) is 28.9 Å². The minimum atomic E-state index is -5.05. The number of nitrogens with zero attached hydrogens (tertiary/aromatic N) is 3. The first-order valence-electron chi connectivity index (χ1n) is 26.4. The van der Waals surface area contributed by atoms with E-state index in [0.717, 1.165) is 55.7 Å². The van der Waals surface area contributed by atoms with Gasteiger partial charge in [0.15, 0.2) is 17.6 Å². The number of aromatic amines is 1. The van der Waals surface area contributed by atoms with Crippen LogP contribution in [-0.2, 0) is 51.5 Å². The summed E-state index contributed by atoms with van der Waals surface area (Å²) in [6.45, 7) is 7.55. The molecule has 0 aliphatic carbocycles. The van der Waals surface area contributed by atoms with Crippen molar-refractivity contribution in [3.05, 3.63) is 145 Å². The normalized spacial score (nSPS) is 12.9. The first-order chi connectivity index (χ1) is 40.5. The number of benzene rings is 6. The molecule has 86 heavy (non-hydrogen) atoms. The van der Waals surface area contributed by atoms with Crippen molar-refractivity contribution in [2.75, 3.05) is 15.4 Å². The van der Waals surface area contributed by atoms with Crippen molar-refractivity contribution in [1.82, 2.24) is 9.78 Å². The van der Waals surface area contributed by atoms with Crippen LogP contribution >= 0.6 is 46.4 Å². The van der Waals surface area contributed by atoms with E-state index >= 15 is 0 Å². The lowest BCUT2D eigenvalue weighted by atomic mass is 9.81. The summed E-state index contributed by atoms with van der Waals surface area (Å²) in [6, 6.07) is 22.2. The first kappa shape index (κ1) is 66.8. The largest absolute Gasteiger partial charge is 0.508 e. The molecular formula is C56H59Cl4N7O15S4. The summed E-state index contributed by atoms with van der Waals surface area (Å²) in [5.41, 5.74) is -1.74. The predicted molar refractivity (Wildman–Crippen MR) is 330 cm³/mol. The van der Waals surface area contributed by atoms with Gasteiger partial charge in [0.1, 0.15) is 34.4 Å². The van der Waals surface area contributed by atoms with Gasteiger partial charge in [0.2, 0.25) is 9.84 Å². The van der Waals surface area contributed by atoms with E-state index in [1.54, 1.807) is 13.8 Å². The van der Waals surface area contributed by atoms with Crippen molar-refractivity contribution in [2.24, 2.45) is 10.2 Å². The second kappa shape index (κ2) is 28.4. The summed E-state index contributed by atoms with van der Waals surface area (Å²) in [6.07, 6.45) is 7.64. The number of hydrogen-bond acceptors (Lipinski definition) is 16. The van der Waals surface area contributed by atoms with Gasteiger partial charge in [-0.25, -0.2) is 13.1 Å². The van der Waals surface area contributed by atoms with Gasteiger partial charge >= 0.3 is 16.8 Å². The number of H-pyrrole nitrogens is 1. The molecular weight excluding hydrogens is 1280 g/mol. The van der Waals surface area contributed by atoms with Crippen LogP contribution in [0.5, 0.6) is 23.0 Å². The molecule has 1 amide bonds. The van der Waals surface area contributed by atoms with E-state index in [1.165, 1.54) is 84.9 Å². The van der Waals surface area contributed by atoms with Crippen LogP contribution < -0.4 is 29.8 Å². The number of phenols is 2. The van der Waals surface area contributed by atoms with Crippen molar-refractivity contribution in [3.8, 4) is 28.7 Å². The van der Waals surface area contributed by atoms with Crippen molar-refractivity contribution < 1.29 is 62.5 Å². The molecule has 1 heterocycles. The zero-order valence-corrected chi connectivity index (χ0v) is 52.6. The molecule has 0 radical (unpaired) electrons. The quantitative estimate of drug-likeness (QED) is 0.0128. The van der Waals surface area contributed by atoms with Crippen LogP contribution in [0.1, 0.15) is 97.5 Å². The fraction of sp³-hybridized carbons (Fsp3) is 0.286. The Morgan fingerprint density at radius 2 is 1.28 bits per heavy atom. The van der Waals surface area contributed by atoms with Gasteiger partial charge in [-0.05, 0) is 121 Å². The Morgan fingerprint density at radius 3 is 1.86 bits per heavy atom. The number of hydrogen-bond donors (Lipinski definition) is 8. The smallest absolute Gasteiger partial charge is 0.316 e. The number of unbranched alkanes of at least 4 members (excludes halogenated alkanes) is 7. The van der Waals surface area contributed by atoms with Crippen LogP contribution in [0.15, 0.2) is 144 Å². The SMILES string of the molecule is CCCCCCCCCCC(Oc1ccc(S(=O)(=O)c2ccc(O)cc2)cc1)C(=O)Nc1ccc(Cl)c(Nc2[nH]n(-c3c(Cl)cc(Cl)cc3Cl)c(=O)c2N=Nc2cc(C(C)(C)CC)c(NS(=O)Oc3cc(S(=O)(=O)O)cc(S(=O)(=O)O)c3)cc2O)c1. The molecule has 0 saturated heterocycles. The number of carbonyl (C=O) groups excluding carboxylic acids is 1. The molecule has 460 valence electrons. The summed E-state index contributed by atoms with van der Waals surface area (Å²) in [5, 5.41) is 38.6. The van der Waals surface area contributed by atoms with Crippen LogP contribution in [0.4, 0.5) is 34.3 Å². The van der Waals surface area contributed by atoms with Crippen molar-refractivity contribution in [3.63, 3.8) is 0 Å². The second-order valence-electron chi connectivity index (χ2n) is 20.2. The van der Waals surface area contributed by atoms with E-state index < -0.39 is 91.3 Å². The van der Waals surface area contributed by atoms with E-state index in [2.05, 4.69) is 37.6 Å². The Labute approximate surface area is 519 Å². The van der Waals surface area contributed by atoms with Gasteiger partial charge < -0.3 is 29.8 Å². The van der Waals surface area contributed by atoms with E-state index in [0.29, 0.717) is 43.0 Å². The highest BCUT2D eigenvalue weighted by atomic mass is 35.5. The number of aromatic hydroxyl groups is 2. The number of ether oxygens (including phenoxy) is 1.